The number of aliphatic hydroxyl groups is 2. The third-order valence-corrected chi connectivity index (χ3v) is 10.4. The van der Waals surface area contributed by atoms with Gasteiger partial charge in [-0.2, -0.15) is 0 Å². The second kappa shape index (κ2) is 39.9. The Balaban J connectivity index is 4.12. The third-order valence-electron chi connectivity index (χ3n) is 9.45. The summed E-state index contributed by atoms with van der Waals surface area (Å²) in [6.07, 6.45) is 38.8. The zero-order valence-electron chi connectivity index (χ0n) is 33.8. The lowest BCUT2D eigenvalue weighted by atomic mass is 10.0. The summed E-state index contributed by atoms with van der Waals surface area (Å²) in [6.45, 7) is 3.53. The summed E-state index contributed by atoms with van der Waals surface area (Å²) in [5.74, 6) is -0.388. The Morgan fingerprint density at radius 1 is 0.577 bits per heavy atom. The molecule has 0 saturated heterocycles. The highest BCUT2D eigenvalue weighted by atomic mass is 31.2. The van der Waals surface area contributed by atoms with Gasteiger partial charge in [0.1, 0.15) is 12.2 Å². The minimum atomic E-state index is -4.51. The predicted octanol–water partition coefficient (Wildman–Crippen LogP) is 11.7. The van der Waals surface area contributed by atoms with Gasteiger partial charge in [-0.25, -0.2) is 4.57 Å². The van der Waals surface area contributed by atoms with Crippen molar-refractivity contribution in [2.75, 3.05) is 33.0 Å². The SMILES string of the molecule is CCCCCC/C=C\CCCCCCCC(=O)O[C@H](COCCCCCCCCCCCCCCCCCCCC)COP(=O)(O)OC[C@@H](O)CO. The quantitative estimate of drug-likeness (QED) is 0.0241. The molecule has 52 heavy (non-hydrogen) atoms. The fourth-order valence-electron chi connectivity index (χ4n) is 6.12. The molecule has 1 unspecified atom stereocenters. The van der Waals surface area contributed by atoms with Crippen molar-refractivity contribution in [2.45, 2.75) is 219 Å². The molecule has 0 spiro atoms. The number of unbranched alkanes of at least 4 members (excludes halogenated alkanes) is 26. The number of carbonyl (C=O) groups excluding carboxylic acids is 1. The largest absolute Gasteiger partial charge is 0.472 e. The standard InChI is InChI=1S/C42H83O9P/c1-3-5-7-9-11-13-15-17-18-19-20-21-23-25-27-29-31-33-35-48-38-41(39-50-52(46,47)49-37-40(44)36-43)51-42(45)34-32-30-28-26-24-22-16-14-12-10-8-6-4-2/h14,16,40-41,43-44H,3-13,15,17-39H2,1-2H3,(H,46,47)/b16-14-/t40-,41+/m0/s1. The number of carbonyl (C=O) groups is 1. The number of hydrogen-bond acceptors (Lipinski definition) is 8. The third kappa shape index (κ3) is 38.9. The molecule has 3 atom stereocenters. The van der Waals surface area contributed by atoms with E-state index in [1.807, 2.05) is 0 Å². The van der Waals surface area contributed by atoms with Crippen LogP contribution in [0, 0.1) is 0 Å². The maximum absolute atomic E-state index is 12.6. The molecule has 0 rings (SSSR count). The first-order valence-corrected chi connectivity index (χ1v) is 23.2. The highest BCUT2D eigenvalue weighted by molar-refractivity contribution is 7.47. The molecule has 0 aromatic heterocycles. The van der Waals surface area contributed by atoms with Crippen molar-refractivity contribution < 1.29 is 43.0 Å². The van der Waals surface area contributed by atoms with Crippen LogP contribution in [-0.4, -0.2) is 66.3 Å². The molecule has 0 heterocycles. The number of phosphoric ester groups is 1. The molecule has 0 aromatic rings. The Morgan fingerprint density at radius 2 is 0.981 bits per heavy atom. The monoisotopic (exact) mass is 763 g/mol. The average molecular weight is 763 g/mol. The first-order chi connectivity index (χ1) is 25.3. The van der Waals surface area contributed by atoms with E-state index in [-0.39, 0.29) is 25.6 Å². The van der Waals surface area contributed by atoms with Gasteiger partial charge >= 0.3 is 13.8 Å². The molecular formula is C42H83O9P. The van der Waals surface area contributed by atoms with Gasteiger partial charge < -0.3 is 24.6 Å². The highest BCUT2D eigenvalue weighted by Crippen LogP contribution is 2.43. The average Bonchev–Trinajstić information content (AvgIpc) is 3.13. The van der Waals surface area contributed by atoms with Crippen molar-refractivity contribution in [3.8, 4) is 0 Å². The Kier molecular flexibility index (Phi) is 39.3. The van der Waals surface area contributed by atoms with E-state index in [4.69, 9.17) is 23.6 Å². The van der Waals surface area contributed by atoms with Crippen LogP contribution in [0.5, 0.6) is 0 Å². The minimum absolute atomic E-state index is 0.0517. The van der Waals surface area contributed by atoms with Gasteiger partial charge in [0, 0.05) is 13.0 Å². The van der Waals surface area contributed by atoms with Gasteiger partial charge in [0.15, 0.2) is 0 Å². The molecular weight excluding hydrogens is 679 g/mol. The molecule has 10 heteroatoms. The molecule has 0 aliphatic heterocycles. The normalized spacial score (nSPS) is 14.2. The van der Waals surface area contributed by atoms with Gasteiger partial charge in [-0.3, -0.25) is 13.8 Å². The maximum Gasteiger partial charge on any atom is 0.472 e. The van der Waals surface area contributed by atoms with Crippen molar-refractivity contribution in [3.05, 3.63) is 12.2 Å². The van der Waals surface area contributed by atoms with E-state index >= 15 is 0 Å². The molecule has 0 aliphatic rings. The summed E-state index contributed by atoms with van der Waals surface area (Å²) in [7, 11) is -4.51. The van der Waals surface area contributed by atoms with Crippen LogP contribution in [0.4, 0.5) is 0 Å². The van der Waals surface area contributed by atoms with E-state index in [0.29, 0.717) is 6.61 Å². The fraction of sp³-hybridized carbons (Fsp3) is 0.929. The topological polar surface area (TPSA) is 132 Å². The Bertz CT molecular complexity index is 825. The van der Waals surface area contributed by atoms with Gasteiger partial charge in [0.2, 0.25) is 0 Å². The molecule has 9 nitrogen and oxygen atoms in total. The smallest absolute Gasteiger partial charge is 0.457 e. The van der Waals surface area contributed by atoms with Crippen LogP contribution in [0.3, 0.4) is 0 Å². The Labute approximate surface area is 320 Å². The number of rotatable bonds is 42. The van der Waals surface area contributed by atoms with Crippen molar-refractivity contribution >= 4 is 13.8 Å². The van der Waals surface area contributed by atoms with Gasteiger partial charge in [0.05, 0.1) is 26.4 Å². The summed E-state index contributed by atoms with van der Waals surface area (Å²) in [5, 5.41) is 18.3. The van der Waals surface area contributed by atoms with Crippen LogP contribution in [0.15, 0.2) is 12.2 Å². The lowest BCUT2D eigenvalue weighted by Crippen LogP contribution is -2.29. The van der Waals surface area contributed by atoms with Crippen LogP contribution in [-0.2, 0) is 27.9 Å². The van der Waals surface area contributed by atoms with Crippen LogP contribution in [0.2, 0.25) is 0 Å². The summed E-state index contributed by atoms with van der Waals surface area (Å²) in [5.41, 5.74) is 0. The van der Waals surface area contributed by atoms with Crippen molar-refractivity contribution in [1.29, 1.82) is 0 Å². The van der Waals surface area contributed by atoms with Crippen LogP contribution in [0.25, 0.3) is 0 Å². The molecule has 310 valence electrons. The molecule has 0 amide bonds. The van der Waals surface area contributed by atoms with Crippen molar-refractivity contribution in [2.24, 2.45) is 0 Å². The fourth-order valence-corrected chi connectivity index (χ4v) is 6.91. The number of esters is 1. The number of aliphatic hydroxyl groups excluding tert-OH is 2. The molecule has 0 bridgehead atoms. The maximum atomic E-state index is 12.6. The molecule has 0 aliphatic carbocycles. The van der Waals surface area contributed by atoms with E-state index < -0.39 is 33.2 Å². The predicted molar refractivity (Wildman–Crippen MR) is 215 cm³/mol. The van der Waals surface area contributed by atoms with Gasteiger partial charge in [-0.1, -0.05) is 174 Å². The lowest BCUT2D eigenvalue weighted by molar-refractivity contribution is -0.154. The van der Waals surface area contributed by atoms with E-state index in [0.717, 1.165) is 51.4 Å². The van der Waals surface area contributed by atoms with Gasteiger partial charge in [0.25, 0.3) is 0 Å². The molecule has 0 fully saturated rings. The highest BCUT2D eigenvalue weighted by Gasteiger charge is 2.26. The summed E-state index contributed by atoms with van der Waals surface area (Å²) >= 11 is 0. The Hall–Kier alpha value is -0.800. The summed E-state index contributed by atoms with van der Waals surface area (Å²) in [4.78, 5) is 22.5. The van der Waals surface area contributed by atoms with E-state index in [1.165, 1.54) is 135 Å². The van der Waals surface area contributed by atoms with E-state index in [9.17, 15) is 19.4 Å². The van der Waals surface area contributed by atoms with Crippen molar-refractivity contribution in [3.63, 3.8) is 0 Å². The van der Waals surface area contributed by atoms with Crippen molar-refractivity contribution in [1.82, 2.24) is 0 Å². The van der Waals surface area contributed by atoms with Crippen LogP contribution < -0.4 is 0 Å². The van der Waals surface area contributed by atoms with Crippen LogP contribution >= 0.6 is 7.82 Å². The Morgan fingerprint density at radius 3 is 1.46 bits per heavy atom. The molecule has 3 N–H and O–H groups in total. The number of hydrogen-bond donors (Lipinski definition) is 3. The van der Waals surface area contributed by atoms with Gasteiger partial charge in [-0.05, 0) is 38.5 Å². The summed E-state index contributed by atoms with van der Waals surface area (Å²) in [6, 6.07) is 0. The van der Waals surface area contributed by atoms with E-state index in [2.05, 4.69) is 26.0 Å². The number of allylic oxidation sites excluding steroid dienone is 2. The second-order valence-corrected chi connectivity index (χ2v) is 16.2. The number of phosphoric acid groups is 1. The second-order valence-electron chi connectivity index (χ2n) is 14.7. The van der Waals surface area contributed by atoms with E-state index in [1.54, 1.807) is 0 Å². The lowest BCUT2D eigenvalue weighted by Gasteiger charge is -2.20. The first-order valence-electron chi connectivity index (χ1n) is 21.7. The van der Waals surface area contributed by atoms with Gasteiger partial charge in [-0.15, -0.1) is 0 Å². The first kappa shape index (κ1) is 51.2. The zero-order chi connectivity index (χ0) is 38.2. The minimum Gasteiger partial charge on any atom is -0.457 e. The van der Waals surface area contributed by atoms with Crippen LogP contribution in [0.1, 0.15) is 206 Å². The molecule has 0 radical (unpaired) electrons. The molecule has 0 aromatic carbocycles. The summed E-state index contributed by atoms with van der Waals surface area (Å²) < 4.78 is 33.3. The molecule has 0 saturated carbocycles. The zero-order valence-corrected chi connectivity index (χ0v) is 34.7. The number of ether oxygens (including phenoxy) is 2.